The lowest BCUT2D eigenvalue weighted by Crippen LogP contribution is -2.58. The quantitative estimate of drug-likeness (QED) is 0.217. The Balaban J connectivity index is 2.26. The molecule has 11 heteroatoms. The van der Waals surface area contributed by atoms with Crippen molar-refractivity contribution in [1.29, 1.82) is 0 Å². The first kappa shape index (κ1) is 42.2. The second kappa shape index (κ2) is 20.0. The van der Waals surface area contributed by atoms with E-state index >= 15 is 0 Å². The van der Waals surface area contributed by atoms with E-state index in [1.807, 2.05) is 60.3 Å². The summed E-state index contributed by atoms with van der Waals surface area (Å²) in [7, 11) is 1.60. The third-order valence-electron chi connectivity index (χ3n) is 10.3. The van der Waals surface area contributed by atoms with E-state index in [0.717, 1.165) is 38.8 Å². The van der Waals surface area contributed by atoms with Crippen LogP contribution in [0.4, 0.5) is 0 Å². The molecule has 0 aliphatic carbocycles. The topological polar surface area (TPSA) is 136 Å². The number of amides is 5. The lowest BCUT2D eigenvalue weighted by Gasteiger charge is -2.34. The Labute approximate surface area is 296 Å². The van der Waals surface area contributed by atoms with Gasteiger partial charge in [-0.05, 0) is 75.0 Å². The third kappa shape index (κ3) is 12.7. The molecule has 49 heavy (non-hydrogen) atoms. The first-order valence-corrected chi connectivity index (χ1v) is 18.9. The molecule has 2 N–H and O–H groups in total. The monoisotopic (exact) mass is 690 g/mol. The van der Waals surface area contributed by atoms with Gasteiger partial charge in [-0.15, -0.1) is 0 Å². The summed E-state index contributed by atoms with van der Waals surface area (Å²) < 4.78 is 0. The van der Waals surface area contributed by atoms with Crippen molar-refractivity contribution in [3.05, 3.63) is 0 Å². The van der Waals surface area contributed by atoms with Crippen LogP contribution in [-0.2, 0) is 28.8 Å². The van der Waals surface area contributed by atoms with Crippen molar-refractivity contribution in [3.8, 4) is 0 Å². The van der Waals surface area contributed by atoms with Gasteiger partial charge in [0.25, 0.3) is 0 Å². The second-order valence-electron chi connectivity index (χ2n) is 15.9. The minimum absolute atomic E-state index is 0.0280. The van der Waals surface area contributed by atoms with E-state index in [1.165, 1.54) is 11.8 Å². The van der Waals surface area contributed by atoms with Gasteiger partial charge in [-0.3, -0.25) is 28.8 Å². The fraction of sp³-hybridized carbons (Fsp3) is 0.842. The van der Waals surface area contributed by atoms with E-state index in [2.05, 4.69) is 10.6 Å². The van der Waals surface area contributed by atoms with Crippen LogP contribution >= 0.6 is 0 Å². The minimum Gasteiger partial charge on any atom is -0.344 e. The average Bonchev–Trinajstić information content (AvgIpc) is 3.54. The van der Waals surface area contributed by atoms with Crippen LogP contribution in [0.3, 0.4) is 0 Å². The second-order valence-corrected chi connectivity index (χ2v) is 15.9. The van der Waals surface area contributed by atoms with Crippen LogP contribution < -0.4 is 10.6 Å². The highest BCUT2D eigenvalue weighted by Crippen LogP contribution is 2.26. The van der Waals surface area contributed by atoms with Gasteiger partial charge in [0.15, 0.2) is 5.78 Å². The molecule has 2 rings (SSSR count). The summed E-state index contributed by atoms with van der Waals surface area (Å²) in [6, 6.07) is -3.12. The highest BCUT2D eigenvalue weighted by Gasteiger charge is 2.41. The standard InChI is InChI=1S/C38H67N5O6/c1-11-27(8)29(37(48)42-17-13-12-14-18-42)23-34(45)30(20-24(2)3)39-35(46)32-16-15-19-43(32)38(49)31(21-25(4)5)40-36(47)33(22-26(6)7)41(10)28(9)44/h24-27,29-33H,11-23H2,1-10H3,(H,39,46)(H,40,47)/t27-,29-,30-,31?,32-,33-/m0/s1. The molecule has 0 bridgehead atoms. The Hall–Kier alpha value is -2.98. The molecule has 0 saturated carbocycles. The molecular weight excluding hydrogens is 622 g/mol. The zero-order valence-electron chi connectivity index (χ0n) is 32.2. The zero-order chi connectivity index (χ0) is 37.0. The van der Waals surface area contributed by atoms with Gasteiger partial charge < -0.3 is 25.3 Å². The van der Waals surface area contributed by atoms with E-state index in [9.17, 15) is 28.8 Å². The summed E-state index contributed by atoms with van der Waals surface area (Å²) in [4.78, 5) is 86.1. The summed E-state index contributed by atoms with van der Waals surface area (Å²) in [5.74, 6) is -1.51. The van der Waals surface area contributed by atoms with Crippen molar-refractivity contribution >= 4 is 35.3 Å². The van der Waals surface area contributed by atoms with Gasteiger partial charge in [-0.25, -0.2) is 0 Å². The molecular formula is C38H67N5O6. The fourth-order valence-corrected chi connectivity index (χ4v) is 7.11. The molecule has 2 heterocycles. The van der Waals surface area contributed by atoms with Crippen LogP contribution in [0.15, 0.2) is 0 Å². The van der Waals surface area contributed by atoms with Crippen molar-refractivity contribution in [2.45, 2.75) is 151 Å². The molecule has 2 aliphatic rings. The number of hydrogen-bond donors (Lipinski definition) is 2. The molecule has 0 aromatic heterocycles. The van der Waals surface area contributed by atoms with Crippen molar-refractivity contribution in [2.75, 3.05) is 26.7 Å². The van der Waals surface area contributed by atoms with Crippen molar-refractivity contribution < 1.29 is 28.8 Å². The fourth-order valence-electron chi connectivity index (χ4n) is 7.11. The van der Waals surface area contributed by atoms with Gasteiger partial charge in [0.1, 0.15) is 18.1 Å². The highest BCUT2D eigenvalue weighted by molar-refractivity contribution is 5.97. The largest absolute Gasteiger partial charge is 0.344 e. The maximum Gasteiger partial charge on any atom is 0.245 e. The molecule has 5 amide bonds. The lowest BCUT2D eigenvalue weighted by molar-refractivity contribution is -0.144. The number of nitrogens with one attached hydrogen (secondary N) is 2. The SMILES string of the molecule is CC[C@H](C)[C@H](CC(=O)[C@H](CC(C)C)NC(=O)[C@@H]1CCCN1C(=O)C(CC(C)C)NC(=O)[C@H](CC(C)C)N(C)C(C)=O)C(=O)N1CCCCC1. The maximum atomic E-state index is 14.1. The van der Waals surface area contributed by atoms with Gasteiger partial charge in [-0.2, -0.15) is 0 Å². The van der Waals surface area contributed by atoms with Gasteiger partial charge in [0, 0.05) is 45.9 Å². The molecule has 0 radical (unpaired) electrons. The molecule has 2 fully saturated rings. The molecule has 6 atom stereocenters. The Kier molecular flexibility index (Phi) is 17.2. The smallest absolute Gasteiger partial charge is 0.245 e. The number of rotatable bonds is 18. The van der Waals surface area contributed by atoms with Crippen LogP contribution in [0, 0.1) is 29.6 Å². The number of ketones is 1. The Morgan fingerprint density at radius 1 is 0.735 bits per heavy atom. The summed E-state index contributed by atoms with van der Waals surface area (Å²) in [6.07, 6.45) is 6.25. The van der Waals surface area contributed by atoms with E-state index in [-0.39, 0.29) is 65.4 Å². The van der Waals surface area contributed by atoms with Gasteiger partial charge >= 0.3 is 0 Å². The summed E-state index contributed by atoms with van der Waals surface area (Å²) in [5.41, 5.74) is 0. The molecule has 1 unspecified atom stereocenters. The molecule has 11 nitrogen and oxygen atoms in total. The minimum atomic E-state index is -0.860. The van der Waals surface area contributed by atoms with E-state index in [4.69, 9.17) is 0 Å². The number of nitrogens with zero attached hydrogens (tertiary/aromatic N) is 3. The number of carbonyl (C=O) groups excluding carboxylic acids is 6. The summed E-state index contributed by atoms with van der Waals surface area (Å²) >= 11 is 0. The molecule has 280 valence electrons. The van der Waals surface area contributed by atoms with Gasteiger partial charge in [-0.1, -0.05) is 61.8 Å². The van der Waals surface area contributed by atoms with Crippen LogP contribution in [0.2, 0.25) is 0 Å². The van der Waals surface area contributed by atoms with Crippen LogP contribution in [0.5, 0.6) is 0 Å². The molecule has 2 aliphatic heterocycles. The summed E-state index contributed by atoms with van der Waals surface area (Å²) in [5, 5.41) is 5.94. The maximum absolute atomic E-state index is 14.1. The first-order chi connectivity index (χ1) is 23.0. The predicted molar refractivity (Wildman–Crippen MR) is 192 cm³/mol. The van der Waals surface area contributed by atoms with Crippen LogP contribution in [0.25, 0.3) is 0 Å². The van der Waals surface area contributed by atoms with Gasteiger partial charge in [0.2, 0.25) is 29.5 Å². The molecule has 0 aromatic rings. The van der Waals surface area contributed by atoms with Crippen molar-refractivity contribution in [2.24, 2.45) is 29.6 Å². The normalized spacial score (nSPS) is 19.7. The Morgan fingerprint density at radius 2 is 1.31 bits per heavy atom. The predicted octanol–water partition coefficient (Wildman–Crippen LogP) is 4.57. The molecule has 0 aromatic carbocycles. The Bertz CT molecular complexity index is 1130. The number of carbonyl (C=O) groups is 6. The Morgan fingerprint density at radius 3 is 1.84 bits per heavy atom. The molecule has 0 spiro atoms. The lowest BCUT2D eigenvalue weighted by atomic mass is 9.83. The number of piperidine rings is 1. The third-order valence-corrected chi connectivity index (χ3v) is 10.3. The highest BCUT2D eigenvalue weighted by atomic mass is 16.2. The van der Waals surface area contributed by atoms with E-state index in [0.29, 0.717) is 38.6 Å². The number of likely N-dealkylation sites (tertiary alicyclic amines) is 2. The van der Waals surface area contributed by atoms with Gasteiger partial charge in [0.05, 0.1) is 6.04 Å². The number of Topliss-reactive ketones (excluding diaryl/α,β-unsaturated/α-hetero) is 1. The zero-order valence-corrected chi connectivity index (χ0v) is 32.2. The number of likely N-dealkylation sites (N-methyl/N-ethyl adjacent to an activating group) is 1. The van der Waals surface area contributed by atoms with Crippen molar-refractivity contribution in [3.63, 3.8) is 0 Å². The molecule has 2 saturated heterocycles. The first-order valence-electron chi connectivity index (χ1n) is 18.9. The van der Waals surface area contributed by atoms with Crippen LogP contribution in [0.1, 0.15) is 127 Å². The summed E-state index contributed by atoms with van der Waals surface area (Å²) in [6.45, 7) is 19.2. The van der Waals surface area contributed by atoms with E-state index in [1.54, 1.807) is 11.9 Å². The van der Waals surface area contributed by atoms with E-state index < -0.39 is 30.1 Å². The van der Waals surface area contributed by atoms with Crippen molar-refractivity contribution in [1.82, 2.24) is 25.3 Å². The number of hydrogen-bond acceptors (Lipinski definition) is 6. The average molecular weight is 690 g/mol. The van der Waals surface area contributed by atoms with Crippen LogP contribution in [-0.4, -0.2) is 101 Å².